The lowest BCUT2D eigenvalue weighted by atomic mass is 10.0. The number of piperazine rings is 1. The van der Waals surface area contributed by atoms with Gasteiger partial charge in [-0.25, -0.2) is 9.18 Å². The molecule has 0 spiro atoms. The Morgan fingerprint density at radius 1 is 1.03 bits per heavy atom. The minimum absolute atomic E-state index is 0.0846. The van der Waals surface area contributed by atoms with Crippen molar-refractivity contribution >= 4 is 23.5 Å². The first-order chi connectivity index (χ1) is 15.9. The van der Waals surface area contributed by atoms with Crippen LogP contribution in [0.4, 0.5) is 14.9 Å². The number of methoxy groups -OCH3 is 1. The molecular weight excluding hydrogens is 427 g/mol. The third-order valence-corrected chi connectivity index (χ3v) is 6.12. The van der Waals surface area contributed by atoms with Gasteiger partial charge in [-0.05, 0) is 42.7 Å². The van der Waals surface area contributed by atoms with Crippen molar-refractivity contribution in [3.8, 4) is 5.75 Å². The van der Waals surface area contributed by atoms with Gasteiger partial charge in [0.05, 0.1) is 7.11 Å². The second kappa shape index (κ2) is 9.89. The number of nitrogens with one attached hydrogen (secondary N) is 1. The Morgan fingerprint density at radius 2 is 1.79 bits per heavy atom. The summed E-state index contributed by atoms with van der Waals surface area (Å²) in [6.45, 7) is 2.02. The number of amides is 4. The third kappa shape index (κ3) is 5.24. The standard InChI is InChI=1S/C24H27FN4O4/c1-33-21-7-3-6-19(15-21)26-24(32)27-10-8-20(9-11-27)29-13-12-28(22(30)23(29)31)16-17-4-2-5-18(25)14-17/h2-7,14-15,20H,8-13,16H2,1H3,(H,26,32). The van der Waals surface area contributed by atoms with Gasteiger partial charge >= 0.3 is 17.8 Å². The zero-order chi connectivity index (χ0) is 23.4. The molecule has 174 valence electrons. The van der Waals surface area contributed by atoms with Crippen LogP contribution < -0.4 is 10.1 Å². The van der Waals surface area contributed by atoms with Gasteiger partial charge in [-0.15, -0.1) is 0 Å². The predicted molar refractivity (Wildman–Crippen MR) is 120 cm³/mol. The van der Waals surface area contributed by atoms with Gasteiger partial charge in [0.15, 0.2) is 0 Å². The normalized spacial score (nSPS) is 17.3. The maximum absolute atomic E-state index is 13.4. The van der Waals surface area contributed by atoms with E-state index in [0.717, 1.165) is 0 Å². The fourth-order valence-electron chi connectivity index (χ4n) is 4.33. The molecule has 0 saturated carbocycles. The van der Waals surface area contributed by atoms with Crippen LogP contribution in [0.1, 0.15) is 18.4 Å². The van der Waals surface area contributed by atoms with Gasteiger partial charge in [-0.2, -0.15) is 0 Å². The molecule has 0 unspecified atom stereocenters. The number of anilines is 1. The van der Waals surface area contributed by atoms with Crippen molar-refractivity contribution in [2.75, 3.05) is 38.6 Å². The molecule has 1 N–H and O–H groups in total. The average Bonchev–Trinajstić information content (AvgIpc) is 2.82. The lowest BCUT2D eigenvalue weighted by Gasteiger charge is -2.42. The van der Waals surface area contributed by atoms with E-state index in [0.29, 0.717) is 56.0 Å². The number of rotatable bonds is 5. The van der Waals surface area contributed by atoms with Crippen molar-refractivity contribution in [1.29, 1.82) is 0 Å². The molecule has 33 heavy (non-hydrogen) atoms. The van der Waals surface area contributed by atoms with Crippen molar-refractivity contribution in [3.63, 3.8) is 0 Å². The van der Waals surface area contributed by atoms with Gasteiger partial charge < -0.3 is 24.8 Å². The van der Waals surface area contributed by atoms with E-state index < -0.39 is 11.8 Å². The molecule has 0 atom stereocenters. The monoisotopic (exact) mass is 454 g/mol. The zero-order valence-corrected chi connectivity index (χ0v) is 18.5. The van der Waals surface area contributed by atoms with E-state index in [1.165, 1.54) is 17.0 Å². The van der Waals surface area contributed by atoms with E-state index in [1.54, 1.807) is 53.3 Å². The number of likely N-dealkylation sites (tertiary alicyclic amines) is 1. The van der Waals surface area contributed by atoms with Crippen molar-refractivity contribution in [2.45, 2.75) is 25.4 Å². The zero-order valence-electron chi connectivity index (χ0n) is 18.5. The van der Waals surface area contributed by atoms with Gasteiger partial charge in [0.2, 0.25) is 0 Å². The molecular formula is C24H27FN4O4. The van der Waals surface area contributed by atoms with E-state index in [2.05, 4.69) is 5.32 Å². The second-order valence-corrected chi connectivity index (χ2v) is 8.24. The quantitative estimate of drug-likeness (QED) is 0.705. The number of carbonyl (C=O) groups excluding carboxylic acids is 3. The van der Waals surface area contributed by atoms with Crippen LogP contribution in [0.25, 0.3) is 0 Å². The summed E-state index contributed by atoms with van der Waals surface area (Å²) in [5.41, 5.74) is 1.30. The van der Waals surface area contributed by atoms with Gasteiger partial charge in [0.25, 0.3) is 0 Å². The molecule has 2 heterocycles. The lowest BCUT2D eigenvalue weighted by molar-refractivity contribution is -0.158. The van der Waals surface area contributed by atoms with E-state index in [4.69, 9.17) is 4.74 Å². The summed E-state index contributed by atoms with van der Waals surface area (Å²) in [5.74, 6) is -0.806. The number of hydrogen-bond donors (Lipinski definition) is 1. The van der Waals surface area contributed by atoms with Crippen LogP contribution in [0.15, 0.2) is 48.5 Å². The fourth-order valence-corrected chi connectivity index (χ4v) is 4.33. The summed E-state index contributed by atoms with van der Waals surface area (Å²) in [5, 5.41) is 2.87. The Bertz CT molecular complexity index is 1040. The second-order valence-electron chi connectivity index (χ2n) is 8.24. The van der Waals surface area contributed by atoms with E-state index in [-0.39, 0.29) is 24.4 Å². The number of ether oxygens (including phenoxy) is 1. The summed E-state index contributed by atoms with van der Waals surface area (Å²) in [6.07, 6.45) is 1.21. The fraction of sp³-hybridized carbons (Fsp3) is 0.375. The SMILES string of the molecule is COc1cccc(NC(=O)N2CCC(N3CCN(Cc4cccc(F)c4)C(=O)C3=O)CC2)c1. The van der Waals surface area contributed by atoms with Crippen LogP contribution in [0, 0.1) is 5.82 Å². The highest BCUT2D eigenvalue weighted by molar-refractivity contribution is 6.35. The number of benzene rings is 2. The molecule has 0 aromatic heterocycles. The van der Waals surface area contributed by atoms with Crippen LogP contribution in [0.2, 0.25) is 0 Å². The van der Waals surface area contributed by atoms with Gasteiger partial charge in [-0.1, -0.05) is 18.2 Å². The number of piperidine rings is 1. The molecule has 4 amide bonds. The summed E-state index contributed by atoms with van der Waals surface area (Å²) in [6, 6.07) is 12.9. The smallest absolute Gasteiger partial charge is 0.321 e. The molecule has 2 aromatic carbocycles. The third-order valence-electron chi connectivity index (χ3n) is 6.12. The predicted octanol–water partition coefficient (Wildman–Crippen LogP) is 2.70. The lowest BCUT2D eigenvalue weighted by Crippen LogP contribution is -2.59. The van der Waals surface area contributed by atoms with Crippen LogP contribution in [-0.2, 0) is 16.1 Å². The van der Waals surface area contributed by atoms with Gasteiger partial charge in [0.1, 0.15) is 11.6 Å². The molecule has 0 aliphatic carbocycles. The first-order valence-corrected chi connectivity index (χ1v) is 11.0. The van der Waals surface area contributed by atoms with E-state index in [1.807, 2.05) is 0 Å². The molecule has 4 rings (SSSR count). The van der Waals surface area contributed by atoms with Crippen LogP contribution in [0.5, 0.6) is 5.75 Å². The topological polar surface area (TPSA) is 82.2 Å². The maximum atomic E-state index is 13.4. The minimum atomic E-state index is -0.566. The molecule has 0 bridgehead atoms. The molecule has 8 nitrogen and oxygen atoms in total. The molecule has 2 aromatic rings. The van der Waals surface area contributed by atoms with Crippen molar-refractivity contribution in [2.24, 2.45) is 0 Å². The average molecular weight is 455 g/mol. The Kier molecular flexibility index (Phi) is 6.76. The minimum Gasteiger partial charge on any atom is -0.497 e. The van der Waals surface area contributed by atoms with Crippen molar-refractivity contribution in [3.05, 3.63) is 59.9 Å². The molecule has 2 fully saturated rings. The van der Waals surface area contributed by atoms with Crippen molar-refractivity contribution < 1.29 is 23.5 Å². The van der Waals surface area contributed by atoms with Crippen molar-refractivity contribution in [1.82, 2.24) is 14.7 Å². The van der Waals surface area contributed by atoms with E-state index in [9.17, 15) is 18.8 Å². The van der Waals surface area contributed by atoms with Crippen LogP contribution in [-0.4, -0.2) is 71.9 Å². The summed E-state index contributed by atoms with van der Waals surface area (Å²) >= 11 is 0. The highest BCUT2D eigenvalue weighted by Gasteiger charge is 2.38. The summed E-state index contributed by atoms with van der Waals surface area (Å²) in [4.78, 5) is 42.8. The molecule has 2 aliphatic heterocycles. The number of carbonyl (C=O) groups is 3. The Balaban J connectivity index is 1.29. The van der Waals surface area contributed by atoms with E-state index >= 15 is 0 Å². The summed E-state index contributed by atoms with van der Waals surface area (Å²) in [7, 11) is 1.57. The number of hydrogen-bond acceptors (Lipinski definition) is 4. The molecule has 9 heteroatoms. The Hall–Kier alpha value is -3.62. The Morgan fingerprint density at radius 3 is 2.52 bits per heavy atom. The highest BCUT2D eigenvalue weighted by atomic mass is 19.1. The van der Waals surface area contributed by atoms with Gasteiger partial charge in [-0.3, -0.25) is 9.59 Å². The molecule has 0 radical (unpaired) electrons. The number of urea groups is 1. The van der Waals surface area contributed by atoms with Gasteiger partial charge in [0, 0.05) is 50.5 Å². The summed E-state index contributed by atoms with van der Waals surface area (Å²) < 4.78 is 18.6. The maximum Gasteiger partial charge on any atom is 0.321 e. The molecule has 2 aliphatic rings. The molecule has 2 saturated heterocycles. The largest absolute Gasteiger partial charge is 0.497 e. The number of halogens is 1. The first kappa shape index (κ1) is 22.6. The Labute approximate surface area is 191 Å². The van der Waals surface area contributed by atoms with Crippen LogP contribution in [0.3, 0.4) is 0 Å². The highest BCUT2D eigenvalue weighted by Crippen LogP contribution is 2.22. The number of nitrogens with zero attached hydrogens (tertiary/aromatic N) is 3. The first-order valence-electron chi connectivity index (χ1n) is 11.0. The van der Waals surface area contributed by atoms with Crippen LogP contribution >= 0.6 is 0 Å².